The maximum atomic E-state index is 12.8. The summed E-state index contributed by atoms with van der Waals surface area (Å²) >= 11 is 0. The Morgan fingerprint density at radius 3 is 2.44 bits per heavy atom. The molecule has 1 aliphatic rings. The van der Waals surface area contributed by atoms with Crippen LogP contribution in [0.2, 0.25) is 0 Å². The first kappa shape index (κ1) is 11.6. The second kappa shape index (κ2) is 5.41. The molecule has 1 N–H and O–H groups in total. The van der Waals surface area contributed by atoms with Crippen LogP contribution in [0.25, 0.3) is 0 Å². The molecule has 1 aliphatic carbocycles. The average molecular weight is 223 g/mol. The second-order valence-corrected chi connectivity index (χ2v) is 4.41. The fourth-order valence-electron chi connectivity index (χ4n) is 2.10. The highest BCUT2D eigenvalue weighted by Gasteiger charge is 2.24. The number of hydrogen-bond acceptors (Lipinski definition) is 2. The van der Waals surface area contributed by atoms with Gasteiger partial charge >= 0.3 is 0 Å². The topological polar surface area (TPSA) is 23.5 Å². The van der Waals surface area contributed by atoms with Gasteiger partial charge in [-0.15, -0.1) is 0 Å². The molecule has 0 saturated heterocycles. The number of aliphatic hydroxyl groups excluding tert-OH is 1. The van der Waals surface area contributed by atoms with Crippen molar-refractivity contribution >= 4 is 0 Å². The van der Waals surface area contributed by atoms with Gasteiger partial charge in [-0.2, -0.15) is 0 Å². The van der Waals surface area contributed by atoms with E-state index in [0.29, 0.717) is 12.6 Å². The number of halogens is 1. The zero-order chi connectivity index (χ0) is 11.4. The van der Waals surface area contributed by atoms with Gasteiger partial charge in [0.2, 0.25) is 0 Å². The summed E-state index contributed by atoms with van der Waals surface area (Å²) in [6.45, 7) is 1.71. The highest BCUT2D eigenvalue weighted by molar-refractivity contribution is 5.16. The molecule has 2 rings (SSSR count). The lowest BCUT2D eigenvalue weighted by Crippen LogP contribution is -2.41. The number of nitrogens with zero attached hydrogens (tertiary/aromatic N) is 1. The van der Waals surface area contributed by atoms with Crippen LogP contribution in [-0.4, -0.2) is 29.2 Å². The van der Waals surface area contributed by atoms with Gasteiger partial charge in [-0.25, -0.2) is 4.39 Å². The summed E-state index contributed by atoms with van der Waals surface area (Å²) in [6, 6.07) is 7.23. The van der Waals surface area contributed by atoms with E-state index in [1.165, 1.54) is 31.4 Å². The molecular weight excluding hydrogens is 205 g/mol. The number of benzene rings is 1. The van der Waals surface area contributed by atoms with Crippen LogP contribution in [0.5, 0.6) is 0 Å². The van der Waals surface area contributed by atoms with E-state index in [0.717, 1.165) is 12.1 Å². The standard InChI is InChI=1S/C13H18FNO/c14-12-6-4-11(5-7-12)10-15(8-9-16)13-2-1-3-13/h4-7,13,16H,1-3,8-10H2. The van der Waals surface area contributed by atoms with Crippen molar-refractivity contribution in [2.24, 2.45) is 0 Å². The van der Waals surface area contributed by atoms with E-state index in [1.807, 2.05) is 12.1 Å². The summed E-state index contributed by atoms with van der Waals surface area (Å²) < 4.78 is 12.8. The Morgan fingerprint density at radius 1 is 1.25 bits per heavy atom. The van der Waals surface area contributed by atoms with E-state index in [9.17, 15) is 4.39 Å². The predicted octanol–water partition coefficient (Wildman–Crippen LogP) is 2.17. The minimum absolute atomic E-state index is 0.192. The zero-order valence-corrected chi connectivity index (χ0v) is 9.40. The Labute approximate surface area is 95.7 Å². The molecule has 0 spiro atoms. The monoisotopic (exact) mass is 223 g/mol. The van der Waals surface area contributed by atoms with Crippen molar-refractivity contribution in [1.82, 2.24) is 4.90 Å². The van der Waals surface area contributed by atoms with Crippen molar-refractivity contribution < 1.29 is 9.50 Å². The third-order valence-corrected chi connectivity index (χ3v) is 3.28. The maximum absolute atomic E-state index is 12.8. The molecule has 1 aromatic carbocycles. The molecule has 0 amide bonds. The Morgan fingerprint density at radius 2 is 1.94 bits per heavy atom. The van der Waals surface area contributed by atoms with E-state index >= 15 is 0 Å². The molecule has 0 radical (unpaired) electrons. The van der Waals surface area contributed by atoms with Gasteiger partial charge in [-0.1, -0.05) is 18.6 Å². The van der Waals surface area contributed by atoms with Crippen molar-refractivity contribution in [1.29, 1.82) is 0 Å². The van der Waals surface area contributed by atoms with Crippen LogP contribution in [0, 0.1) is 5.82 Å². The summed E-state index contributed by atoms with van der Waals surface area (Å²) in [5.41, 5.74) is 1.11. The molecule has 88 valence electrons. The fourth-order valence-corrected chi connectivity index (χ4v) is 2.10. The predicted molar refractivity (Wildman–Crippen MR) is 61.5 cm³/mol. The number of aliphatic hydroxyl groups is 1. The van der Waals surface area contributed by atoms with Crippen molar-refractivity contribution in [2.45, 2.75) is 31.8 Å². The largest absolute Gasteiger partial charge is 0.395 e. The van der Waals surface area contributed by atoms with E-state index in [-0.39, 0.29) is 12.4 Å². The van der Waals surface area contributed by atoms with Crippen LogP contribution >= 0.6 is 0 Å². The zero-order valence-electron chi connectivity index (χ0n) is 9.40. The van der Waals surface area contributed by atoms with Gasteiger partial charge in [0.05, 0.1) is 6.61 Å². The summed E-state index contributed by atoms with van der Waals surface area (Å²) in [4.78, 5) is 2.29. The third kappa shape index (κ3) is 2.80. The molecular formula is C13H18FNO. The van der Waals surface area contributed by atoms with E-state index in [2.05, 4.69) is 4.90 Å². The van der Waals surface area contributed by atoms with E-state index in [1.54, 1.807) is 0 Å². The molecule has 0 unspecified atom stereocenters. The van der Waals surface area contributed by atoms with Gasteiger partial charge in [-0.05, 0) is 30.5 Å². The summed E-state index contributed by atoms with van der Waals surface area (Å²) in [7, 11) is 0. The first-order chi connectivity index (χ1) is 7.79. The molecule has 1 fully saturated rings. The van der Waals surface area contributed by atoms with Crippen LogP contribution in [-0.2, 0) is 6.54 Å². The highest BCUT2D eigenvalue weighted by atomic mass is 19.1. The molecule has 0 aliphatic heterocycles. The minimum Gasteiger partial charge on any atom is -0.395 e. The fraction of sp³-hybridized carbons (Fsp3) is 0.538. The van der Waals surface area contributed by atoms with Gasteiger partial charge in [0.25, 0.3) is 0 Å². The molecule has 3 heteroatoms. The Bertz CT molecular complexity index is 321. The number of rotatable bonds is 5. The normalized spacial score (nSPS) is 16.4. The Hall–Kier alpha value is -0.930. The summed E-state index contributed by atoms with van der Waals surface area (Å²) in [5, 5.41) is 9.03. The minimum atomic E-state index is -0.193. The molecule has 1 saturated carbocycles. The number of hydrogen-bond donors (Lipinski definition) is 1. The van der Waals surface area contributed by atoms with Gasteiger partial charge in [0.1, 0.15) is 5.82 Å². The maximum Gasteiger partial charge on any atom is 0.123 e. The van der Waals surface area contributed by atoms with Crippen molar-refractivity contribution in [3.63, 3.8) is 0 Å². The molecule has 0 aromatic heterocycles. The Kier molecular flexibility index (Phi) is 3.91. The molecule has 0 bridgehead atoms. The summed E-state index contributed by atoms with van der Waals surface area (Å²) in [6.07, 6.45) is 3.73. The lowest BCUT2D eigenvalue weighted by Gasteiger charge is -2.37. The van der Waals surface area contributed by atoms with Gasteiger partial charge < -0.3 is 5.11 Å². The van der Waals surface area contributed by atoms with Crippen molar-refractivity contribution in [3.05, 3.63) is 35.6 Å². The van der Waals surface area contributed by atoms with Gasteiger partial charge in [0.15, 0.2) is 0 Å². The van der Waals surface area contributed by atoms with Gasteiger partial charge in [0, 0.05) is 19.1 Å². The SMILES string of the molecule is OCCN(Cc1ccc(F)cc1)C1CCC1. The first-order valence-electron chi connectivity index (χ1n) is 5.89. The van der Waals surface area contributed by atoms with Crippen LogP contribution < -0.4 is 0 Å². The molecule has 16 heavy (non-hydrogen) atoms. The molecule has 0 atom stereocenters. The van der Waals surface area contributed by atoms with Crippen LogP contribution in [0.4, 0.5) is 4.39 Å². The van der Waals surface area contributed by atoms with Crippen LogP contribution in [0.1, 0.15) is 24.8 Å². The quantitative estimate of drug-likeness (QED) is 0.827. The van der Waals surface area contributed by atoms with E-state index < -0.39 is 0 Å². The lowest BCUT2D eigenvalue weighted by atomic mass is 9.91. The summed E-state index contributed by atoms with van der Waals surface area (Å²) in [5.74, 6) is -0.193. The van der Waals surface area contributed by atoms with E-state index in [4.69, 9.17) is 5.11 Å². The molecule has 2 nitrogen and oxygen atoms in total. The first-order valence-corrected chi connectivity index (χ1v) is 5.89. The highest BCUT2D eigenvalue weighted by Crippen LogP contribution is 2.25. The molecule has 1 aromatic rings. The van der Waals surface area contributed by atoms with Crippen molar-refractivity contribution in [2.75, 3.05) is 13.2 Å². The lowest BCUT2D eigenvalue weighted by molar-refractivity contribution is 0.0945. The van der Waals surface area contributed by atoms with Crippen LogP contribution in [0.15, 0.2) is 24.3 Å². The smallest absolute Gasteiger partial charge is 0.123 e. The average Bonchev–Trinajstić information content (AvgIpc) is 2.19. The third-order valence-electron chi connectivity index (χ3n) is 3.28. The Balaban J connectivity index is 1.96. The van der Waals surface area contributed by atoms with Crippen LogP contribution in [0.3, 0.4) is 0 Å². The van der Waals surface area contributed by atoms with Gasteiger partial charge in [-0.3, -0.25) is 4.90 Å². The molecule has 0 heterocycles. The van der Waals surface area contributed by atoms with Crippen molar-refractivity contribution in [3.8, 4) is 0 Å². The second-order valence-electron chi connectivity index (χ2n) is 4.41.